The zero-order chi connectivity index (χ0) is 16.8. The molecule has 0 heterocycles. The van der Waals surface area contributed by atoms with Gasteiger partial charge in [-0.25, -0.2) is 10.2 Å². The standard InChI is InChI=1S/C15H22N2O5/c1-15(2,3)22-14(18)17-16-9-10-7-8-11(19-4)13(21-6)12(10)20-5/h7-9H,1-6H3,(H,17,18)/b16-9-. The molecule has 1 N–H and O–H groups in total. The van der Waals surface area contributed by atoms with Crippen molar-refractivity contribution < 1.29 is 23.7 Å². The third-order valence-corrected chi connectivity index (χ3v) is 2.49. The summed E-state index contributed by atoms with van der Waals surface area (Å²) in [6.45, 7) is 5.31. The van der Waals surface area contributed by atoms with Crippen LogP contribution < -0.4 is 19.6 Å². The molecule has 1 aromatic rings. The van der Waals surface area contributed by atoms with Gasteiger partial charge in [0.1, 0.15) is 5.60 Å². The molecule has 0 spiro atoms. The minimum Gasteiger partial charge on any atom is -0.493 e. The van der Waals surface area contributed by atoms with E-state index >= 15 is 0 Å². The molecule has 0 saturated heterocycles. The number of hydrogen-bond acceptors (Lipinski definition) is 6. The molecule has 0 aliphatic rings. The van der Waals surface area contributed by atoms with Crippen LogP contribution in [0.5, 0.6) is 17.2 Å². The minimum absolute atomic E-state index is 0.450. The van der Waals surface area contributed by atoms with E-state index in [9.17, 15) is 4.79 Å². The highest BCUT2D eigenvalue weighted by atomic mass is 16.6. The van der Waals surface area contributed by atoms with Crippen LogP contribution in [-0.4, -0.2) is 39.2 Å². The maximum absolute atomic E-state index is 11.5. The van der Waals surface area contributed by atoms with Crippen LogP contribution in [0.3, 0.4) is 0 Å². The number of nitrogens with zero attached hydrogens (tertiary/aromatic N) is 1. The fourth-order valence-corrected chi connectivity index (χ4v) is 1.68. The van der Waals surface area contributed by atoms with Crippen LogP contribution in [0.4, 0.5) is 4.79 Å². The lowest BCUT2D eigenvalue weighted by Gasteiger charge is -2.18. The molecule has 1 amide bonds. The summed E-state index contributed by atoms with van der Waals surface area (Å²) < 4.78 is 20.8. The van der Waals surface area contributed by atoms with Crippen molar-refractivity contribution in [3.05, 3.63) is 17.7 Å². The quantitative estimate of drug-likeness (QED) is 0.668. The number of methoxy groups -OCH3 is 3. The van der Waals surface area contributed by atoms with E-state index in [0.29, 0.717) is 22.8 Å². The van der Waals surface area contributed by atoms with Crippen LogP contribution in [0.25, 0.3) is 0 Å². The maximum atomic E-state index is 11.5. The van der Waals surface area contributed by atoms with Crippen LogP contribution in [0.2, 0.25) is 0 Å². The summed E-state index contributed by atoms with van der Waals surface area (Å²) in [5, 5.41) is 3.84. The summed E-state index contributed by atoms with van der Waals surface area (Å²) in [5.41, 5.74) is 2.32. The number of amides is 1. The first-order valence-electron chi connectivity index (χ1n) is 6.63. The van der Waals surface area contributed by atoms with E-state index in [0.717, 1.165) is 0 Å². The van der Waals surface area contributed by atoms with Gasteiger partial charge >= 0.3 is 6.09 Å². The molecule has 0 unspecified atom stereocenters. The number of ether oxygens (including phenoxy) is 4. The zero-order valence-corrected chi connectivity index (χ0v) is 13.7. The number of benzene rings is 1. The van der Waals surface area contributed by atoms with Gasteiger partial charge in [-0.1, -0.05) is 0 Å². The average Bonchev–Trinajstić information content (AvgIpc) is 2.44. The van der Waals surface area contributed by atoms with E-state index in [1.54, 1.807) is 32.9 Å². The molecule has 1 aromatic carbocycles. The molecule has 22 heavy (non-hydrogen) atoms. The van der Waals surface area contributed by atoms with Gasteiger partial charge in [-0.3, -0.25) is 0 Å². The van der Waals surface area contributed by atoms with Crippen LogP contribution >= 0.6 is 0 Å². The number of hydrogen-bond donors (Lipinski definition) is 1. The number of nitrogens with one attached hydrogen (secondary N) is 1. The molecular formula is C15H22N2O5. The highest BCUT2D eigenvalue weighted by Gasteiger charge is 2.16. The van der Waals surface area contributed by atoms with E-state index in [-0.39, 0.29) is 0 Å². The number of hydrazone groups is 1. The van der Waals surface area contributed by atoms with Gasteiger partial charge in [0.15, 0.2) is 11.5 Å². The zero-order valence-electron chi connectivity index (χ0n) is 13.7. The number of carbonyl (C=O) groups is 1. The Morgan fingerprint density at radius 3 is 2.23 bits per heavy atom. The predicted octanol–water partition coefficient (Wildman–Crippen LogP) is 2.57. The van der Waals surface area contributed by atoms with Crippen LogP contribution in [0.15, 0.2) is 17.2 Å². The molecule has 0 aromatic heterocycles. The molecule has 0 atom stereocenters. The molecule has 7 nitrogen and oxygen atoms in total. The summed E-state index contributed by atoms with van der Waals surface area (Å²) in [4.78, 5) is 11.5. The van der Waals surface area contributed by atoms with E-state index in [1.807, 2.05) is 0 Å². The van der Waals surface area contributed by atoms with Crippen molar-refractivity contribution in [2.24, 2.45) is 5.10 Å². The first kappa shape index (κ1) is 17.6. The lowest BCUT2D eigenvalue weighted by atomic mass is 10.2. The third kappa shape index (κ3) is 4.83. The molecule has 122 valence electrons. The van der Waals surface area contributed by atoms with E-state index < -0.39 is 11.7 Å². The fourth-order valence-electron chi connectivity index (χ4n) is 1.68. The lowest BCUT2D eigenvalue weighted by molar-refractivity contribution is 0.0529. The molecule has 0 fully saturated rings. The summed E-state index contributed by atoms with van der Waals surface area (Å²) in [5.74, 6) is 1.44. The fraction of sp³-hybridized carbons (Fsp3) is 0.467. The molecule has 0 radical (unpaired) electrons. The van der Waals surface area contributed by atoms with Crippen molar-refractivity contribution in [1.82, 2.24) is 5.43 Å². The molecule has 7 heteroatoms. The van der Waals surface area contributed by atoms with Crippen molar-refractivity contribution in [3.63, 3.8) is 0 Å². The topological polar surface area (TPSA) is 78.4 Å². The smallest absolute Gasteiger partial charge is 0.428 e. The summed E-state index contributed by atoms with van der Waals surface area (Å²) >= 11 is 0. The first-order chi connectivity index (χ1) is 10.3. The minimum atomic E-state index is -0.636. The molecule has 0 bridgehead atoms. The van der Waals surface area contributed by atoms with Gasteiger partial charge in [-0.05, 0) is 32.9 Å². The Morgan fingerprint density at radius 1 is 1.09 bits per heavy atom. The van der Waals surface area contributed by atoms with Crippen molar-refractivity contribution in [2.45, 2.75) is 26.4 Å². The molecule has 0 aliphatic heterocycles. The Hall–Kier alpha value is -2.44. The van der Waals surface area contributed by atoms with Gasteiger partial charge in [0.2, 0.25) is 5.75 Å². The Labute approximate surface area is 130 Å². The summed E-state index contributed by atoms with van der Waals surface area (Å²) in [6.07, 6.45) is 0.799. The van der Waals surface area contributed by atoms with Crippen molar-refractivity contribution in [3.8, 4) is 17.2 Å². The van der Waals surface area contributed by atoms with Gasteiger partial charge in [0.25, 0.3) is 0 Å². The van der Waals surface area contributed by atoms with E-state index in [1.165, 1.54) is 27.5 Å². The Bertz CT molecular complexity index is 550. The molecular weight excluding hydrogens is 288 g/mol. The van der Waals surface area contributed by atoms with Crippen molar-refractivity contribution >= 4 is 12.3 Å². The van der Waals surface area contributed by atoms with Gasteiger partial charge in [0.05, 0.1) is 27.5 Å². The normalized spacial score (nSPS) is 11.2. The monoisotopic (exact) mass is 310 g/mol. The second kappa shape index (κ2) is 7.53. The van der Waals surface area contributed by atoms with E-state index in [2.05, 4.69) is 10.5 Å². The second-order valence-electron chi connectivity index (χ2n) is 5.30. The van der Waals surface area contributed by atoms with Crippen molar-refractivity contribution in [2.75, 3.05) is 21.3 Å². The van der Waals surface area contributed by atoms with Gasteiger partial charge in [-0.2, -0.15) is 5.10 Å². The SMILES string of the molecule is COc1ccc(/C=N\NC(=O)OC(C)(C)C)c(OC)c1OC. The Kier molecular flexibility index (Phi) is 6.03. The Morgan fingerprint density at radius 2 is 1.73 bits per heavy atom. The average molecular weight is 310 g/mol. The predicted molar refractivity (Wildman–Crippen MR) is 83.1 cm³/mol. The number of rotatable bonds is 5. The molecule has 0 saturated carbocycles. The van der Waals surface area contributed by atoms with Crippen LogP contribution in [0.1, 0.15) is 26.3 Å². The maximum Gasteiger partial charge on any atom is 0.428 e. The van der Waals surface area contributed by atoms with E-state index in [4.69, 9.17) is 18.9 Å². The van der Waals surface area contributed by atoms with Crippen LogP contribution in [0, 0.1) is 0 Å². The van der Waals surface area contributed by atoms with Gasteiger partial charge in [0, 0.05) is 5.56 Å². The molecule has 1 rings (SSSR count). The Balaban J connectivity index is 2.89. The van der Waals surface area contributed by atoms with Crippen molar-refractivity contribution in [1.29, 1.82) is 0 Å². The third-order valence-electron chi connectivity index (χ3n) is 2.49. The largest absolute Gasteiger partial charge is 0.493 e. The lowest BCUT2D eigenvalue weighted by Crippen LogP contribution is -2.29. The van der Waals surface area contributed by atoms with Gasteiger partial charge in [-0.15, -0.1) is 0 Å². The highest BCUT2D eigenvalue weighted by Crippen LogP contribution is 2.38. The highest BCUT2D eigenvalue weighted by molar-refractivity contribution is 5.86. The summed E-state index contributed by atoms with van der Waals surface area (Å²) in [7, 11) is 4.56. The molecule has 0 aliphatic carbocycles. The summed E-state index contributed by atoms with van der Waals surface area (Å²) in [6, 6.07) is 3.46. The first-order valence-corrected chi connectivity index (χ1v) is 6.63. The second-order valence-corrected chi connectivity index (χ2v) is 5.30. The van der Waals surface area contributed by atoms with Crippen LogP contribution in [-0.2, 0) is 4.74 Å². The number of carbonyl (C=O) groups excluding carboxylic acids is 1. The van der Waals surface area contributed by atoms with Gasteiger partial charge < -0.3 is 18.9 Å².